The number of halogens is 3. The number of aromatic amines is 1. The van der Waals surface area contributed by atoms with Gasteiger partial charge in [0.15, 0.2) is 5.60 Å². The smallest absolute Gasteiger partial charge is 0.369 e. The van der Waals surface area contributed by atoms with Crippen LogP contribution in [-0.4, -0.2) is 46.9 Å². The highest BCUT2D eigenvalue weighted by atomic mass is 19.4. The lowest BCUT2D eigenvalue weighted by Crippen LogP contribution is -2.54. The molecule has 114 valence electrons. The quantitative estimate of drug-likeness (QED) is 0.926. The summed E-state index contributed by atoms with van der Waals surface area (Å²) in [5, 5.41) is 0.814. The summed E-state index contributed by atoms with van der Waals surface area (Å²) in [4.78, 5) is 13.1. The highest BCUT2D eigenvalue weighted by Gasteiger charge is 2.56. The monoisotopic (exact) mass is 300 g/mol. The van der Waals surface area contributed by atoms with Crippen LogP contribution in [0.15, 0.2) is 18.6 Å². The second-order valence-electron chi connectivity index (χ2n) is 5.12. The number of nitrogens with zero attached hydrogens (tertiary/aromatic N) is 3. The van der Waals surface area contributed by atoms with Gasteiger partial charge in [-0.1, -0.05) is 0 Å². The molecule has 0 unspecified atom stereocenters. The first-order valence-electron chi connectivity index (χ1n) is 6.62. The highest BCUT2D eigenvalue weighted by molar-refractivity contribution is 5.87. The Morgan fingerprint density at radius 2 is 2.00 bits per heavy atom. The molecular weight excluding hydrogens is 285 g/mol. The van der Waals surface area contributed by atoms with Crippen LogP contribution in [-0.2, 0) is 4.74 Å². The van der Waals surface area contributed by atoms with Crippen molar-refractivity contribution in [1.29, 1.82) is 0 Å². The molecule has 0 saturated carbocycles. The summed E-state index contributed by atoms with van der Waals surface area (Å²) in [5.41, 5.74) is -1.37. The van der Waals surface area contributed by atoms with Gasteiger partial charge in [0.05, 0.1) is 5.39 Å². The number of aromatic nitrogens is 3. The Morgan fingerprint density at radius 1 is 1.29 bits per heavy atom. The fourth-order valence-corrected chi connectivity index (χ4v) is 2.79. The Bertz CT molecular complexity index is 632. The molecule has 1 aliphatic heterocycles. The Labute approximate surface area is 119 Å². The van der Waals surface area contributed by atoms with Crippen LogP contribution >= 0.6 is 0 Å². The zero-order chi connectivity index (χ0) is 15.1. The van der Waals surface area contributed by atoms with Gasteiger partial charge in [-0.2, -0.15) is 13.2 Å². The number of ether oxygens (including phenoxy) is 1. The summed E-state index contributed by atoms with van der Waals surface area (Å²) in [7, 11) is 1.12. The van der Waals surface area contributed by atoms with Crippen molar-refractivity contribution in [2.45, 2.75) is 24.6 Å². The first-order chi connectivity index (χ1) is 9.97. The Hall–Kier alpha value is -1.83. The third-order valence-electron chi connectivity index (χ3n) is 4.11. The van der Waals surface area contributed by atoms with E-state index in [0.29, 0.717) is 11.5 Å². The van der Waals surface area contributed by atoms with Crippen molar-refractivity contribution in [2.24, 2.45) is 0 Å². The van der Waals surface area contributed by atoms with Gasteiger partial charge in [0, 0.05) is 39.2 Å². The lowest BCUT2D eigenvalue weighted by atomic mass is 9.90. The van der Waals surface area contributed by atoms with Crippen LogP contribution in [0.3, 0.4) is 0 Å². The van der Waals surface area contributed by atoms with Crippen molar-refractivity contribution in [3.63, 3.8) is 0 Å². The summed E-state index contributed by atoms with van der Waals surface area (Å²) in [6, 6.07) is 1.83. The number of rotatable bonds is 2. The Balaban J connectivity index is 1.84. The van der Waals surface area contributed by atoms with Crippen molar-refractivity contribution in [2.75, 3.05) is 25.1 Å². The summed E-state index contributed by atoms with van der Waals surface area (Å²) in [5.74, 6) is 0.660. The van der Waals surface area contributed by atoms with Crippen LogP contribution in [0.5, 0.6) is 0 Å². The van der Waals surface area contributed by atoms with E-state index in [1.165, 1.54) is 6.33 Å². The molecule has 0 radical (unpaired) electrons. The predicted octanol–water partition coefficient (Wildman–Crippen LogP) is 2.51. The SMILES string of the molecule is COC1(C(F)(F)F)CCN(c2ncnc3[nH]ccc23)CC1. The van der Waals surface area contributed by atoms with Gasteiger partial charge in [-0.05, 0) is 6.07 Å². The van der Waals surface area contributed by atoms with E-state index in [1.807, 2.05) is 11.0 Å². The summed E-state index contributed by atoms with van der Waals surface area (Å²) in [6.07, 6.45) is -1.42. The summed E-state index contributed by atoms with van der Waals surface area (Å²) in [6.45, 7) is 0.481. The molecule has 2 aromatic rings. The molecule has 0 spiro atoms. The summed E-state index contributed by atoms with van der Waals surface area (Å²) >= 11 is 0. The number of H-pyrrole nitrogens is 1. The van der Waals surface area contributed by atoms with E-state index in [9.17, 15) is 13.2 Å². The third kappa shape index (κ3) is 2.23. The molecule has 3 rings (SSSR count). The van der Waals surface area contributed by atoms with E-state index in [1.54, 1.807) is 6.20 Å². The number of piperidine rings is 1. The number of nitrogens with one attached hydrogen (secondary N) is 1. The van der Waals surface area contributed by atoms with Crippen molar-refractivity contribution in [3.8, 4) is 0 Å². The van der Waals surface area contributed by atoms with Crippen LogP contribution in [0.4, 0.5) is 19.0 Å². The highest BCUT2D eigenvalue weighted by Crippen LogP contribution is 2.42. The van der Waals surface area contributed by atoms with E-state index < -0.39 is 11.8 Å². The largest absolute Gasteiger partial charge is 0.417 e. The van der Waals surface area contributed by atoms with Crippen LogP contribution in [0, 0.1) is 0 Å². The van der Waals surface area contributed by atoms with Gasteiger partial charge in [-0.3, -0.25) is 0 Å². The number of methoxy groups -OCH3 is 1. The van der Waals surface area contributed by atoms with Gasteiger partial charge in [0.1, 0.15) is 17.8 Å². The molecule has 1 N–H and O–H groups in total. The van der Waals surface area contributed by atoms with E-state index in [0.717, 1.165) is 12.5 Å². The molecule has 8 heteroatoms. The minimum Gasteiger partial charge on any atom is -0.369 e. The minimum absolute atomic E-state index is 0.108. The average molecular weight is 300 g/mol. The maximum absolute atomic E-state index is 13.2. The molecule has 2 aromatic heterocycles. The zero-order valence-corrected chi connectivity index (χ0v) is 11.4. The first-order valence-corrected chi connectivity index (χ1v) is 6.62. The molecular formula is C13H15F3N4O. The normalized spacial score (nSPS) is 19.1. The van der Waals surface area contributed by atoms with Crippen LogP contribution < -0.4 is 4.90 Å². The third-order valence-corrected chi connectivity index (χ3v) is 4.11. The fraction of sp³-hybridized carbons (Fsp3) is 0.538. The molecule has 21 heavy (non-hydrogen) atoms. The molecule has 1 fully saturated rings. The van der Waals surface area contributed by atoms with E-state index in [2.05, 4.69) is 15.0 Å². The lowest BCUT2D eigenvalue weighted by molar-refractivity contribution is -0.276. The standard InChI is InChI=1S/C13H15F3N4O/c1-21-12(13(14,15)16)3-6-20(7-4-12)11-9-2-5-17-10(9)18-8-19-11/h2,5,8H,3-4,6-7H2,1H3,(H,17,18,19). The van der Waals surface area contributed by atoms with Crippen molar-refractivity contribution in [3.05, 3.63) is 18.6 Å². The van der Waals surface area contributed by atoms with Gasteiger partial charge >= 0.3 is 6.18 Å². The Morgan fingerprint density at radius 3 is 2.62 bits per heavy atom. The fourth-order valence-electron chi connectivity index (χ4n) is 2.79. The average Bonchev–Trinajstić information content (AvgIpc) is 2.94. The second-order valence-corrected chi connectivity index (χ2v) is 5.12. The molecule has 0 amide bonds. The summed E-state index contributed by atoms with van der Waals surface area (Å²) < 4.78 is 44.3. The molecule has 0 aliphatic carbocycles. The maximum atomic E-state index is 13.2. The second kappa shape index (κ2) is 4.87. The molecule has 1 saturated heterocycles. The van der Waals surface area contributed by atoms with Crippen LogP contribution in [0.1, 0.15) is 12.8 Å². The maximum Gasteiger partial charge on any atom is 0.417 e. The topological polar surface area (TPSA) is 54.0 Å². The van der Waals surface area contributed by atoms with Gasteiger partial charge < -0.3 is 14.6 Å². The van der Waals surface area contributed by atoms with Gasteiger partial charge in [0.2, 0.25) is 0 Å². The number of alkyl halides is 3. The molecule has 0 bridgehead atoms. The first kappa shape index (κ1) is 14.1. The Kier molecular flexibility index (Phi) is 3.27. The molecule has 0 aromatic carbocycles. The van der Waals surface area contributed by atoms with Gasteiger partial charge in [0.25, 0.3) is 0 Å². The van der Waals surface area contributed by atoms with Crippen molar-refractivity contribution >= 4 is 16.9 Å². The predicted molar refractivity (Wildman–Crippen MR) is 71.1 cm³/mol. The molecule has 1 aliphatic rings. The molecule has 0 atom stereocenters. The number of anilines is 1. The molecule has 5 nitrogen and oxygen atoms in total. The van der Waals surface area contributed by atoms with Crippen LogP contribution in [0.25, 0.3) is 11.0 Å². The molecule has 3 heterocycles. The zero-order valence-electron chi connectivity index (χ0n) is 11.4. The van der Waals surface area contributed by atoms with Crippen molar-refractivity contribution < 1.29 is 17.9 Å². The van der Waals surface area contributed by atoms with Crippen molar-refractivity contribution in [1.82, 2.24) is 15.0 Å². The number of hydrogen-bond acceptors (Lipinski definition) is 4. The van der Waals surface area contributed by atoms with E-state index in [4.69, 9.17) is 4.74 Å². The van der Waals surface area contributed by atoms with Crippen LogP contribution in [0.2, 0.25) is 0 Å². The van der Waals surface area contributed by atoms with Gasteiger partial charge in [-0.15, -0.1) is 0 Å². The van der Waals surface area contributed by atoms with E-state index in [-0.39, 0.29) is 25.9 Å². The number of fused-ring (bicyclic) bond motifs is 1. The van der Waals surface area contributed by atoms with E-state index >= 15 is 0 Å². The van der Waals surface area contributed by atoms with Gasteiger partial charge in [-0.25, -0.2) is 9.97 Å². The minimum atomic E-state index is -4.36. The number of hydrogen-bond donors (Lipinski definition) is 1. The lowest BCUT2D eigenvalue weighted by Gasteiger charge is -2.42.